The summed E-state index contributed by atoms with van der Waals surface area (Å²) in [6.45, 7) is 0. The molecule has 2 aromatic rings. The average Bonchev–Trinajstić information content (AvgIpc) is 2.47. The lowest BCUT2D eigenvalue weighted by Gasteiger charge is -2.26. The Morgan fingerprint density at radius 1 is 0.773 bits per heavy atom. The molecule has 1 atom stereocenters. The van der Waals surface area contributed by atoms with Crippen molar-refractivity contribution in [2.75, 3.05) is 0 Å². The van der Waals surface area contributed by atoms with Crippen LogP contribution in [0.5, 0.6) is 11.5 Å². The number of nitrogens with two attached hydrogens (primary N) is 1. The van der Waals surface area contributed by atoms with E-state index in [2.05, 4.69) is 0 Å². The summed E-state index contributed by atoms with van der Waals surface area (Å²) in [5.41, 5.74) is 4.72. The quantitative estimate of drug-likeness (QED) is 0.831. The number of para-hydroxylation sites is 1. The Morgan fingerprint density at radius 2 is 1.27 bits per heavy atom. The molecule has 2 aromatic carbocycles. The molecule has 0 aliphatic carbocycles. The van der Waals surface area contributed by atoms with Gasteiger partial charge in [-0.05, 0) is 29.8 Å². The average molecular weight is 317 g/mol. The van der Waals surface area contributed by atoms with Gasteiger partial charge in [0.2, 0.25) is 0 Å². The van der Waals surface area contributed by atoms with E-state index >= 15 is 0 Å². The highest BCUT2D eigenvalue weighted by Crippen LogP contribution is 2.43. The first-order valence-electron chi connectivity index (χ1n) is 6.25. The molecule has 0 aromatic heterocycles. The number of halogens is 5. The maximum absolute atomic E-state index is 13.2. The molecule has 0 bridgehead atoms. The van der Waals surface area contributed by atoms with E-state index in [9.17, 15) is 22.0 Å². The van der Waals surface area contributed by atoms with Crippen LogP contribution in [0.1, 0.15) is 11.6 Å². The molecule has 0 saturated heterocycles. The van der Waals surface area contributed by atoms with E-state index in [1.54, 1.807) is 30.3 Å². The third-order valence-electron chi connectivity index (χ3n) is 2.99. The van der Waals surface area contributed by atoms with Gasteiger partial charge in [0.05, 0.1) is 0 Å². The predicted molar refractivity (Wildman–Crippen MR) is 70.9 cm³/mol. The van der Waals surface area contributed by atoms with Gasteiger partial charge in [0, 0.05) is 0 Å². The topological polar surface area (TPSA) is 35.2 Å². The van der Waals surface area contributed by atoms with Gasteiger partial charge in [-0.2, -0.15) is 22.0 Å². The van der Waals surface area contributed by atoms with Crippen LogP contribution >= 0.6 is 0 Å². The van der Waals surface area contributed by atoms with E-state index < -0.39 is 18.1 Å². The first kappa shape index (κ1) is 16.2. The van der Waals surface area contributed by atoms with Crippen LogP contribution in [0.25, 0.3) is 0 Å². The van der Waals surface area contributed by atoms with Crippen LogP contribution in [-0.2, 0) is 0 Å². The lowest BCUT2D eigenvalue weighted by Crippen LogP contribution is -2.45. The number of benzene rings is 2. The van der Waals surface area contributed by atoms with Gasteiger partial charge < -0.3 is 10.5 Å². The van der Waals surface area contributed by atoms with Crippen molar-refractivity contribution >= 4 is 0 Å². The van der Waals surface area contributed by atoms with Crippen molar-refractivity contribution in [3.8, 4) is 11.5 Å². The molecular weight excluding hydrogens is 305 g/mol. The highest BCUT2D eigenvalue weighted by Gasteiger charge is 2.61. The zero-order valence-corrected chi connectivity index (χ0v) is 11.1. The molecule has 0 amide bonds. The van der Waals surface area contributed by atoms with Gasteiger partial charge in [0.25, 0.3) is 0 Å². The Labute approximate surface area is 123 Å². The molecule has 0 heterocycles. The fourth-order valence-corrected chi connectivity index (χ4v) is 1.75. The summed E-state index contributed by atoms with van der Waals surface area (Å²) in [4.78, 5) is 0. The van der Waals surface area contributed by atoms with Gasteiger partial charge in [-0.3, -0.25) is 0 Å². The second-order valence-corrected chi connectivity index (χ2v) is 4.58. The van der Waals surface area contributed by atoms with E-state index in [1.165, 1.54) is 12.1 Å². The fraction of sp³-hybridized carbons (Fsp3) is 0.200. The molecule has 0 unspecified atom stereocenters. The summed E-state index contributed by atoms with van der Waals surface area (Å²) in [6.07, 6.45) is -5.70. The van der Waals surface area contributed by atoms with E-state index in [0.717, 1.165) is 12.1 Å². The molecule has 2 rings (SSSR count). The Balaban J connectivity index is 2.15. The first-order chi connectivity index (χ1) is 10.2. The van der Waals surface area contributed by atoms with Crippen LogP contribution < -0.4 is 10.5 Å². The number of hydrogen-bond donors (Lipinski definition) is 1. The minimum Gasteiger partial charge on any atom is -0.457 e. The maximum Gasteiger partial charge on any atom is 0.455 e. The van der Waals surface area contributed by atoms with Crippen LogP contribution in [-0.4, -0.2) is 12.1 Å². The number of alkyl halides is 5. The van der Waals surface area contributed by atoms with Gasteiger partial charge in [0.1, 0.15) is 17.5 Å². The van der Waals surface area contributed by atoms with Crippen LogP contribution in [0.15, 0.2) is 54.6 Å². The Bertz CT molecular complexity index is 610. The van der Waals surface area contributed by atoms with Crippen LogP contribution in [0.3, 0.4) is 0 Å². The summed E-state index contributed by atoms with van der Waals surface area (Å²) < 4.78 is 68.6. The van der Waals surface area contributed by atoms with Crippen molar-refractivity contribution in [1.29, 1.82) is 0 Å². The smallest absolute Gasteiger partial charge is 0.455 e. The highest BCUT2D eigenvalue weighted by molar-refractivity contribution is 5.34. The second-order valence-electron chi connectivity index (χ2n) is 4.58. The summed E-state index contributed by atoms with van der Waals surface area (Å²) >= 11 is 0. The molecule has 0 saturated carbocycles. The van der Waals surface area contributed by atoms with Gasteiger partial charge in [-0.25, -0.2) is 0 Å². The van der Waals surface area contributed by atoms with Crippen molar-refractivity contribution in [1.82, 2.24) is 0 Å². The van der Waals surface area contributed by atoms with Crippen molar-refractivity contribution in [3.05, 3.63) is 60.2 Å². The molecule has 0 aliphatic heterocycles. The Hall–Kier alpha value is -2.15. The summed E-state index contributed by atoms with van der Waals surface area (Å²) in [6, 6.07) is 10.9. The predicted octanol–water partition coefficient (Wildman–Crippen LogP) is 4.68. The fourth-order valence-electron chi connectivity index (χ4n) is 1.75. The Kier molecular flexibility index (Phi) is 4.37. The van der Waals surface area contributed by atoms with E-state index in [-0.39, 0.29) is 5.56 Å². The minimum absolute atomic E-state index is 0.303. The summed E-state index contributed by atoms with van der Waals surface area (Å²) in [7, 11) is 0. The third-order valence-corrected chi connectivity index (χ3v) is 2.99. The maximum atomic E-state index is 13.2. The van der Waals surface area contributed by atoms with E-state index in [1.807, 2.05) is 0 Å². The first-order valence-corrected chi connectivity index (χ1v) is 6.25. The number of hydrogen-bond acceptors (Lipinski definition) is 2. The molecule has 118 valence electrons. The van der Waals surface area contributed by atoms with Crippen LogP contribution in [0, 0.1) is 0 Å². The molecule has 0 spiro atoms. The minimum atomic E-state index is -5.70. The molecular formula is C15H12F5NO. The zero-order valence-electron chi connectivity index (χ0n) is 11.1. The van der Waals surface area contributed by atoms with Gasteiger partial charge in [0.15, 0.2) is 0 Å². The second kappa shape index (κ2) is 5.92. The molecule has 2 N–H and O–H groups in total. The summed E-state index contributed by atoms with van der Waals surface area (Å²) in [5.74, 6) is -4.19. The van der Waals surface area contributed by atoms with Crippen molar-refractivity contribution in [2.24, 2.45) is 5.73 Å². The van der Waals surface area contributed by atoms with Crippen LogP contribution in [0.4, 0.5) is 22.0 Å². The zero-order chi connectivity index (χ0) is 16.4. The largest absolute Gasteiger partial charge is 0.457 e. The molecule has 7 heteroatoms. The van der Waals surface area contributed by atoms with Crippen molar-refractivity contribution in [3.63, 3.8) is 0 Å². The molecule has 0 fully saturated rings. The Morgan fingerprint density at radius 3 is 1.77 bits per heavy atom. The van der Waals surface area contributed by atoms with Crippen molar-refractivity contribution < 1.29 is 26.7 Å². The van der Waals surface area contributed by atoms with E-state index in [4.69, 9.17) is 10.5 Å². The van der Waals surface area contributed by atoms with Crippen LogP contribution in [0.2, 0.25) is 0 Å². The standard InChI is InChI=1S/C15H12F5NO/c16-14(17,15(18,19)20)13(21)10-6-8-12(9-7-10)22-11-4-2-1-3-5-11/h1-9,13H,21H2/t13-/m1/s1. The number of ether oxygens (including phenoxy) is 1. The monoisotopic (exact) mass is 317 g/mol. The summed E-state index contributed by atoms with van der Waals surface area (Å²) in [5, 5.41) is 0. The van der Waals surface area contributed by atoms with Gasteiger partial charge in [-0.1, -0.05) is 30.3 Å². The SMILES string of the molecule is N[C@H](c1ccc(Oc2ccccc2)cc1)C(F)(F)C(F)(F)F. The number of rotatable bonds is 4. The van der Waals surface area contributed by atoms with Gasteiger partial charge in [-0.15, -0.1) is 0 Å². The van der Waals surface area contributed by atoms with Crippen molar-refractivity contribution in [2.45, 2.75) is 18.1 Å². The van der Waals surface area contributed by atoms with E-state index in [0.29, 0.717) is 11.5 Å². The van der Waals surface area contributed by atoms with Gasteiger partial charge >= 0.3 is 12.1 Å². The lowest BCUT2D eigenvalue weighted by molar-refractivity contribution is -0.291. The normalized spacial score (nSPS) is 13.7. The lowest BCUT2D eigenvalue weighted by atomic mass is 10.0. The highest BCUT2D eigenvalue weighted by atomic mass is 19.4. The third kappa shape index (κ3) is 3.36. The molecule has 22 heavy (non-hydrogen) atoms. The molecule has 0 aliphatic rings. The molecule has 0 radical (unpaired) electrons. The molecule has 2 nitrogen and oxygen atoms in total.